The molecule has 1 unspecified atom stereocenters. The van der Waals surface area contributed by atoms with Crippen LogP contribution in [0.2, 0.25) is 0 Å². The fourth-order valence-corrected chi connectivity index (χ4v) is 2.60. The van der Waals surface area contributed by atoms with Gasteiger partial charge in [0.15, 0.2) is 0 Å². The molecule has 3 nitrogen and oxygen atoms in total. The van der Waals surface area contributed by atoms with Crippen LogP contribution in [0.1, 0.15) is 24.6 Å². The first-order valence-electron chi connectivity index (χ1n) is 4.76. The van der Waals surface area contributed by atoms with Gasteiger partial charge in [-0.25, -0.2) is 0 Å². The highest BCUT2D eigenvalue weighted by Crippen LogP contribution is 2.22. The SMILES string of the molecule is CC(CCC(=O)O)NCc1sccc1Br. The monoisotopic (exact) mass is 291 g/mol. The maximum atomic E-state index is 10.4. The van der Waals surface area contributed by atoms with Crippen molar-refractivity contribution in [1.29, 1.82) is 0 Å². The molecule has 0 aliphatic heterocycles. The molecule has 0 aliphatic rings. The lowest BCUT2D eigenvalue weighted by Crippen LogP contribution is -2.25. The number of thiophene rings is 1. The van der Waals surface area contributed by atoms with Gasteiger partial charge in [-0.1, -0.05) is 0 Å². The molecule has 1 heterocycles. The molecule has 1 aromatic heterocycles. The van der Waals surface area contributed by atoms with Gasteiger partial charge in [0, 0.05) is 28.4 Å². The maximum Gasteiger partial charge on any atom is 0.303 e. The summed E-state index contributed by atoms with van der Waals surface area (Å²) in [6.07, 6.45) is 0.887. The van der Waals surface area contributed by atoms with E-state index in [1.54, 1.807) is 11.3 Å². The standard InChI is InChI=1S/C10H14BrNO2S/c1-7(2-3-10(13)14)12-6-9-8(11)4-5-15-9/h4-5,7,12H,2-3,6H2,1H3,(H,13,14). The van der Waals surface area contributed by atoms with E-state index in [1.807, 2.05) is 18.4 Å². The van der Waals surface area contributed by atoms with Crippen LogP contribution in [0.15, 0.2) is 15.9 Å². The van der Waals surface area contributed by atoms with Crippen molar-refractivity contribution < 1.29 is 9.90 Å². The van der Waals surface area contributed by atoms with Crippen LogP contribution >= 0.6 is 27.3 Å². The summed E-state index contributed by atoms with van der Waals surface area (Å²) in [7, 11) is 0. The molecule has 2 N–H and O–H groups in total. The third-order valence-corrected chi connectivity index (χ3v) is 4.02. The Labute approximate surface area is 102 Å². The highest BCUT2D eigenvalue weighted by molar-refractivity contribution is 9.10. The highest BCUT2D eigenvalue weighted by atomic mass is 79.9. The molecule has 0 radical (unpaired) electrons. The van der Waals surface area contributed by atoms with Gasteiger partial charge in [0.05, 0.1) is 0 Å². The Morgan fingerprint density at radius 2 is 2.47 bits per heavy atom. The van der Waals surface area contributed by atoms with Gasteiger partial charge in [-0.2, -0.15) is 0 Å². The average molecular weight is 292 g/mol. The van der Waals surface area contributed by atoms with Gasteiger partial charge in [-0.3, -0.25) is 4.79 Å². The van der Waals surface area contributed by atoms with E-state index in [9.17, 15) is 4.79 Å². The molecule has 84 valence electrons. The van der Waals surface area contributed by atoms with Gasteiger partial charge in [-0.05, 0) is 40.7 Å². The molecule has 1 atom stereocenters. The number of aliphatic carboxylic acids is 1. The number of carboxylic acids is 1. The van der Waals surface area contributed by atoms with Crippen LogP contribution in [0.3, 0.4) is 0 Å². The summed E-state index contributed by atoms with van der Waals surface area (Å²) in [5.41, 5.74) is 0. The van der Waals surface area contributed by atoms with E-state index >= 15 is 0 Å². The predicted molar refractivity (Wildman–Crippen MR) is 65.2 cm³/mol. The normalized spacial score (nSPS) is 12.7. The van der Waals surface area contributed by atoms with Crippen LogP contribution in [-0.2, 0) is 11.3 Å². The summed E-state index contributed by atoms with van der Waals surface area (Å²) in [5, 5.41) is 13.9. The Morgan fingerprint density at radius 1 is 1.73 bits per heavy atom. The van der Waals surface area contributed by atoms with Gasteiger partial charge in [0.2, 0.25) is 0 Å². The van der Waals surface area contributed by atoms with Gasteiger partial charge >= 0.3 is 5.97 Å². The summed E-state index contributed by atoms with van der Waals surface area (Å²) >= 11 is 5.15. The van der Waals surface area contributed by atoms with Crippen molar-refractivity contribution in [3.63, 3.8) is 0 Å². The largest absolute Gasteiger partial charge is 0.481 e. The topological polar surface area (TPSA) is 49.3 Å². The van der Waals surface area contributed by atoms with Gasteiger partial charge in [-0.15, -0.1) is 11.3 Å². The fourth-order valence-electron chi connectivity index (χ4n) is 1.16. The van der Waals surface area contributed by atoms with Crippen LogP contribution in [0, 0.1) is 0 Å². The maximum absolute atomic E-state index is 10.4. The van der Waals surface area contributed by atoms with Crippen LogP contribution in [0.5, 0.6) is 0 Å². The molecule has 15 heavy (non-hydrogen) atoms. The van der Waals surface area contributed by atoms with Gasteiger partial charge in [0.1, 0.15) is 0 Å². The number of rotatable bonds is 6. The Bertz CT molecular complexity index is 327. The molecular formula is C10H14BrNO2S. The number of hydrogen-bond donors (Lipinski definition) is 2. The van der Waals surface area contributed by atoms with E-state index in [1.165, 1.54) is 4.88 Å². The zero-order valence-corrected chi connectivity index (χ0v) is 10.9. The van der Waals surface area contributed by atoms with Gasteiger partial charge in [0.25, 0.3) is 0 Å². The van der Waals surface area contributed by atoms with Crippen LogP contribution in [-0.4, -0.2) is 17.1 Å². The molecule has 0 saturated carbocycles. The van der Waals surface area contributed by atoms with E-state index in [0.29, 0.717) is 6.42 Å². The van der Waals surface area contributed by atoms with E-state index in [2.05, 4.69) is 21.2 Å². The summed E-state index contributed by atoms with van der Waals surface area (Å²) in [6, 6.07) is 2.25. The molecule has 0 spiro atoms. The average Bonchev–Trinajstić information content (AvgIpc) is 2.58. The van der Waals surface area contributed by atoms with Crippen molar-refractivity contribution in [1.82, 2.24) is 5.32 Å². The van der Waals surface area contributed by atoms with Crippen molar-refractivity contribution in [2.24, 2.45) is 0 Å². The van der Waals surface area contributed by atoms with E-state index in [-0.39, 0.29) is 12.5 Å². The van der Waals surface area contributed by atoms with E-state index in [4.69, 9.17) is 5.11 Å². The lowest BCUT2D eigenvalue weighted by Gasteiger charge is -2.11. The number of nitrogens with one attached hydrogen (secondary N) is 1. The third-order valence-electron chi connectivity index (χ3n) is 2.09. The molecule has 5 heteroatoms. The lowest BCUT2D eigenvalue weighted by atomic mass is 10.2. The molecule has 1 rings (SSSR count). The van der Waals surface area contributed by atoms with Crippen LogP contribution < -0.4 is 5.32 Å². The minimum atomic E-state index is -0.735. The van der Waals surface area contributed by atoms with Crippen molar-refractivity contribution in [3.05, 3.63) is 20.8 Å². The smallest absolute Gasteiger partial charge is 0.303 e. The van der Waals surface area contributed by atoms with Gasteiger partial charge < -0.3 is 10.4 Å². The predicted octanol–water partition coefficient (Wildman–Crippen LogP) is 2.85. The Hall–Kier alpha value is -0.390. The van der Waals surface area contributed by atoms with Crippen molar-refractivity contribution in [2.75, 3.05) is 0 Å². The Balaban J connectivity index is 2.25. The minimum absolute atomic E-state index is 0.222. The first-order chi connectivity index (χ1) is 7.09. The second kappa shape index (κ2) is 6.25. The van der Waals surface area contributed by atoms with Crippen molar-refractivity contribution in [2.45, 2.75) is 32.4 Å². The molecule has 0 bridgehead atoms. The first-order valence-corrected chi connectivity index (χ1v) is 6.44. The zero-order chi connectivity index (χ0) is 11.3. The summed E-state index contributed by atoms with van der Waals surface area (Å²) < 4.78 is 1.12. The molecule has 0 fully saturated rings. The number of hydrogen-bond acceptors (Lipinski definition) is 3. The molecule has 0 aromatic carbocycles. The summed E-state index contributed by atoms with van der Waals surface area (Å²) in [4.78, 5) is 11.6. The molecule has 0 aliphatic carbocycles. The summed E-state index contributed by atoms with van der Waals surface area (Å²) in [5.74, 6) is -0.735. The lowest BCUT2D eigenvalue weighted by molar-refractivity contribution is -0.137. The van der Waals surface area contributed by atoms with E-state index < -0.39 is 5.97 Å². The van der Waals surface area contributed by atoms with Crippen molar-refractivity contribution in [3.8, 4) is 0 Å². The highest BCUT2D eigenvalue weighted by Gasteiger charge is 2.06. The van der Waals surface area contributed by atoms with Crippen LogP contribution in [0.25, 0.3) is 0 Å². The fraction of sp³-hybridized carbons (Fsp3) is 0.500. The second-order valence-corrected chi connectivity index (χ2v) is 5.26. The Morgan fingerprint density at radius 3 is 3.00 bits per heavy atom. The Kier molecular flexibility index (Phi) is 5.28. The number of halogens is 1. The second-order valence-electron chi connectivity index (χ2n) is 3.41. The molecule has 1 aromatic rings. The third kappa shape index (κ3) is 4.77. The summed E-state index contributed by atoms with van der Waals surface area (Å²) in [6.45, 7) is 2.80. The first kappa shape index (κ1) is 12.7. The molecule has 0 saturated heterocycles. The number of carbonyl (C=O) groups is 1. The van der Waals surface area contributed by atoms with Crippen LogP contribution in [0.4, 0.5) is 0 Å². The van der Waals surface area contributed by atoms with E-state index in [0.717, 1.165) is 11.0 Å². The number of carboxylic acid groups (broad SMARTS) is 1. The minimum Gasteiger partial charge on any atom is -0.481 e. The quantitative estimate of drug-likeness (QED) is 0.847. The van der Waals surface area contributed by atoms with Crippen molar-refractivity contribution >= 4 is 33.2 Å². The molecular weight excluding hydrogens is 278 g/mol. The zero-order valence-electron chi connectivity index (χ0n) is 8.50. The molecule has 0 amide bonds.